The highest BCUT2D eigenvalue weighted by Gasteiger charge is 2.24. The Kier molecular flexibility index (Phi) is 6.07. The van der Waals surface area contributed by atoms with Gasteiger partial charge >= 0.3 is 0 Å². The zero-order valence-corrected chi connectivity index (χ0v) is 18.4. The van der Waals surface area contributed by atoms with Crippen LogP contribution in [-0.2, 0) is 10.0 Å². The summed E-state index contributed by atoms with van der Waals surface area (Å²) in [5.41, 5.74) is 3.00. The van der Waals surface area contributed by atoms with E-state index in [1.165, 1.54) is 0 Å². The molecule has 4 nitrogen and oxygen atoms in total. The molecular formula is C26H25NO3S. The lowest BCUT2D eigenvalue weighted by Gasteiger charge is -2.23. The number of fused-ring (bicyclic) bond motifs is 1. The predicted molar refractivity (Wildman–Crippen MR) is 125 cm³/mol. The molecule has 0 spiro atoms. The highest BCUT2D eigenvalue weighted by Crippen LogP contribution is 2.37. The number of nitrogens with one attached hydrogen (secondary N) is 1. The molecule has 0 saturated heterocycles. The molecule has 0 heterocycles. The lowest BCUT2D eigenvalue weighted by Crippen LogP contribution is -2.29. The molecule has 5 heteroatoms. The summed E-state index contributed by atoms with van der Waals surface area (Å²) in [6.45, 7) is 2.15. The van der Waals surface area contributed by atoms with E-state index in [1.807, 2.05) is 61.5 Å². The van der Waals surface area contributed by atoms with E-state index in [0.29, 0.717) is 0 Å². The van der Waals surface area contributed by atoms with Gasteiger partial charge in [-0.15, -0.1) is 0 Å². The number of methoxy groups -OCH3 is 1. The van der Waals surface area contributed by atoms with Gasteiger partial charge in [-0.25, -0.2) is 13.1 Å². The van der Waals surface area contributed by atoms with Gasteiger partial charge in [0.25, 0.3) is 0 Å². The third-order valence-electron chi connectivity index (χ3n) is 5.51. The van der Waals surface area contributed by atoms with Crippen LogP contribution >= 0.6 is 0 Å². The van der Waals surface area contributed by atoms with E-state index in [0.717, 1.165) is 33.2 Å². The molecule has 4 aromatic carbocycles. The number of benzene rings is 4. The molecular weight excluding hydrogens is 406 g/mol. The summed E-state index contributed by atoms with van der Waals surface area (Å²) in [6, 6.07) is 28.9. The number of ether oxygens (including phenoxy) is 1. The predicted octanol–water partition coefficient (Wildman–Crippen LogP) is 5.27. The average Bonchev–Trinajstić information content (AvgIpc) is 2.80. The van der Waals surface area contributed by atoms with Gasteiger partial charge in [0.05, 0.1) is 12.0 Å². The highest BCUT2D eigenvalue weighted by molar-refractivity contribution is 7.89. The van der Waals surface area contributed by atoms with E-state index in [4.69, 9.17) is 4.74 Å². The van der Waals surface area contributed by atoms with Crippen molar-refractivity contribution < 1.29 is 13.2 Å². The van der Waals surface area contributed by atoms with E-state index in [1.54, 1.807) is 31.4 Å². The largest absolute Gasteiger partial charge is 0.496 e. The smallest absolute Gasteiger partial charge is 0.240 e. The maximum Gasteiger partial charge on any atom is 0.240 e. The van der Waals surface area contributed by atoms with Crippen molar-refractivity contribution in [3.63, 3.8) is 0 Å². The summed E-state index contributed by atoms with van der Waals surface area (Å²) in [5, 5.41) is 2.13. The molecule has 0 aliphatic heterocycles. The third-order valence-corrected chi connectivity index (χ3v) is 6.95. The first-order valence-corrected chi connectivity index (χ1v) is 11.6. The first-order chi connectivity index (χ1) is 15.0. The zero-order chi connectivity index (χ0) is 21.8. The van der Waals surface area contributed by atoms with Crippen molar-refractivity contribution in [1.29, 1.82) is 0 Å². The van der Waals surface area contributed by atoms with Gasteiger partial charge in [-0.05, 0) is 41.5 Å². The Balaban J connectivity index is 1.78. The summed E-state index contributed by atoms with van der Waals surface area (Å²) in [6.07, 6.45) is 0. The Morgan fingerprint density at radius 2 is 1.52 bits per heavy atom. The van der Waals surface area contributed by atoms with Gasteiger partial charge in [-0.3, -0.25) is 0 Å². The molecule has 0 aromatic heterocycles. The molecule has 1 N–H and O–H groups in total. The number of hydrogen-bond acceptors (Lipinski definition) is 3. The molecule has 1 atom stereocenters. The van der Waals surface area contributed by atoms with Gasteiger partial charge < -0.3 is 4.74 Å². The first kappa shape index (κ1) is 21.1. The average molecular weight is 432 g/mol. The Hall–Kier alpha value is -3.15. The molecule has 0 aliphatic carbocycles. The van der Waals surface area contributed by atoms with Crippen LogP contribution in [0.1, 0.15) is 22.6 Å². The summed E-state index contributed by atoms with van der Waals surface area (Å²) in [4.78, 5) is 0.259. The van der Waals surface area contributed by atoms with E-state index in [-0.39, 0.29) is 17.4 Å². The highest BCUT2D eigenvalue weighted by atomic mass is 32.2. The van der Waals surface area contributed by atoms with Crippen LogP contribution in [0.3, 0.4) is 0 Å². The lowest BCUT2D eigenvalue weighted by molar-refractivity contribution is 0.408. The molecule has 0 fully saturated rings. The molecule has 0 aliphatic rings. The Bertz CT molecular complexity index is 1280. The summed E-state index contributed by atoms with van der Waals surface area (Å²) < 4.78 is 34.5. The first-order valence-electron chi connectivity index (χ1n) is 10.2. The molecule has 0 radical (unpaired) electrons. The van der Waals surface area contributed by atoms with Crippen LogP contribution in [0.2, 0.25) is 0 Å². The van der Waals surface area contributed by atoms with Crippen LogP contribution in [0.5, 0.6) is 5.75 Å². The fourth-order valence-electron chi connectivity index (χ4n) is 3.88. The van der Waals surface area contributed by atoms with Gasteiger partial charge in [0.2, 0.25) is 10.0 Å². The number of rotatable bonds is 7. The van der Waals surface area contributed by atoms with Crippen molar-refractivity contribution in [3.05, 3.63) is 108 Å². The molecule has 158 valence electrons. The number of aryl methyl sites for hydroxylation is 1. The fraction of sp³-hybridized carbons (Fsp3) is 0.154. The van der Waals surface area contributed by atoms with E-state index < -0.39 is 10.0 Å². The van der Waals surface area contributed by atoms with Crippen molar-refractivity contribution in [2.75, 3.05) is 13.7 Å². The van der Waals surface area contributed by atoms with Crippen LogP contribution in [0.4, 0.5) is 0 Å². The molecule has 0 bridgehead atoms. The van der Waals surface area contributed by atoms with Crippen molar-refractivity contribution in [2.45, 2.75) is 17.7 Å². The molecule has 1 unspecified atom stereocenters. The van der Waals surface area contributed by atoms with Gasteiger partial charge in [-0.1, -0.05) is 78.4 Å². The van der Waals surface area contributed by atoms with Gasteiger partial charge in [0.1, 0.15) is 5.75 Å². The second-order valence-corrected chi connectivity index (χ2v) is 9.30. The summed E-state index contributed by atoms with van der Waals surface area (Å²) in [5.74, 6) is 0.518. The molecule has 0 amide bonds. The van der Waals surface area contributed by atoms with E-state index in [9.17, 15) is 8.42 Å². The van der Waals surface area contributed by atoms with Crippen LogP contribution in [0.25, 0.3) is 10.8 Å². The normalized spacial score (nSPS) is 12.6. The topological polar surface area (TPSA) is 55.4 Å². The Morgan fingerprint density at radius 1 is 0.839 bits per heavy atom. The second-order valence-electron chi connectivity index (χ2n) is 7.53. The minimum Gasteiger partial charge on any atom is -0.496 e. The summed E-state index contributed by atoms with van der Waals surface area (Å²) >= 11 is 0. The lowest BCUT2D eigenvalue weighted by atomic mass is 9.87. The molecule has 31 heavy (non-hydrogen) atoms. The standard InChI is InChI=1S/C26H25NO3S/c1-19-12-15-22(16-13-19)31(28,29)27-18-24(20-8-4-3-5-9-20)26-23-11-7-6-10-21(23)14-17-25(26)30-2/h3-17,24,27H,18H2,1-2H3. The van der Waals surface area contributed by atoms with Crippen LogP contribution in [-0.4, -0.2) is 22.1 Å². The minimum absolute atomic E-state index is 0.213. The SMILES string of the molecule is COc1ccc2ccccc2c1C(CNS(=O)(=O)c1ccc(C)cc1)c1ccccc1. The van der Waals surface area contributed by atoms with Crippen molar-refractivity contribution in [3.8, 4) is 5.75 Å². The Morgan fingerprint density at radius 3 is 2.23 bits per heavy atom. The summed E-state index contributed by atoms with van der Waals surface area (Å²) in [7, 11) is -2.01. The van der Waals surface area contributed by atoms with E-state index in [2.05, 4.69) is 16.9 Å². The monoisotopic (exact) mass is 431 g/mol. The quantitative estimate of drug-likeness (QED) is 0.434. The maximum absolute atomic E-state index is 13.0. The number of hydrogen-bond donors (Lipinski definition) is 1. The van der Waals surface area contributed by atoms with Crippen molar-refractivity contribution in [2.24, 2.45) is 0 Å². The third kappa shape index (κ3) is 4.48. The van der Waals surface area contributed by atoms with Gasteiger partial charge in [-0.2, -0.15) is 0 Å². The number of sulfonamides is 1. The van der Waals surface area contributed by atoms with Crippen molar-refractivity contribution >= 4 is 20.8 Å². The van der Waals surface area contributed by atoms with Crippen LogP contribution in [0.15, 0.2) is 95.9 Å². The van der Waals surface area contributed by atoms with E-state index >= 15 is 0 Å². The van der Waals surface area contributed by atoms with Crippen LogP contribution < -0.4 is 9.46 Å². The van der Waals surface area contributed by atoms with Gasteiger partial charge in [0.15, 0.2) is 0 Å². The molecule has 0 saturated carbocycles. The maximum atomic E-state index is 13.0. The Labute approximate surface area is 183 Å². The fourth-order valence-corrected chi connectivity index (χ4v) is 4.93. The van der Waals surface area contributed by atoms with Gasteiger partial charge in [0, 0.05) is 18.0 Å². The molecule has 4 aromatic rings. The minimum atomic E-state index is -3.65. The second kappa shape index (κ2) is 8.92. The molecule has 4 rings (SSSR count). The van der Waals surface area contributed by atoms with Crippen LogP contribution in [0, 0.1) is 6.92 Å². The zero-order valence-electron chi connectivity index (χ0n) is 17.6. The van der Waals surface area contributed by atoms with Crippen molar-refractivity contribution in [1.82, 2.24) is 4.72 Å².